The van der Waals surface area contributed by atoms with Crippen molar-refractivity contribution < 1.29 is 14.3 Å². The van der Waals surface area contributed by atoms with E-state index in [9.17, 15) is 4.79 Å². The first-order chi connectivity index (χ1) is 12.6. The Bertz CT molecular complexity index is 857. The van der Waals surface area contributed by atoms with Crippen LogP contribution in [0.15, 0.2) is 72.8 Å². The van der Waals surface area contributed by atoms with Gasteiger partial charge in [0.2, 0.25) is 0 Å². The van der Waals surface area contributed by atoms with E-state index in [4.69, 9.17) is 9.47 Å². The molecule has 0 atom stereocenters. The van der Waals surface area contributed by atoms with Gasteiger partial charge >= 0.3 is 5.97 Å². The average molecular weight is 570 g/mol. The summed E-state index contributed by atoms with van der Waals surface area (Å²) in [5.74, 6) is 0.453. The molecule has 0 unspecified atom stereocenters. The van der Waals surface area contributed by atoms with Gasteiger partial charge in [0.1, 0.15) is 19.0 Å². The standard InChI is InChI=1S/C21H16I2O3/c22-18-11-17(21(24)26-14-16-9-5-2-6-10-16)12-19(23)20(18)25-13-15-7-3-1-4-8-15/h1-12H,13-14H2. The second kappa shape index (κ2) is 9.36. The van der Waals surface area contributed by atoms with Crippen LogP contribution in [0.2, 0.25) is 0 Å². The highest BCUT2D eigenvalue weighted by Crippen LogP contribution is 2.30. The van der Waals surface area contributed by atoms with E-state index in [2.05, 4.69) is 45.2 Å². The molecule has 3 aromatic carbocycles. The lowest BCUT2D eigenvalue weighted by Gasteiger charge is -2.12. The Kier molecular flexibility index (Phi) is 6.90. The minimum Gasteiger partial charge on any atom is -0.487 e. The molecule has 3 nitrogen and oxygen atoms in total. The van der Waals surface area contributed by atoms with E-state index < -0.39 is 0 Å². The number of ether oxygens (including phenoxy) is 2. The molecular formula is C21H16I2O3. The molecule has 0 amide bonds. The summed E-state index contributed by atoms with van der Waals surface area (Å²) in [6.45, 7) is 0.754. The van der Waals surface area contributed by atoms with Crippen molar-refractivity contribution in [3.05, 3.63) is 96.6 Å². The van der Waals surface area contributed by atoms with Crippen LogP contribution in [-0.4, -0.2) is 5.97 Å². The quantitative estimate of drug-likeness (QED) is 0.277. The molecule has 0 aliphatic carbocycles. The molecule has 0 radical (unpaired) electrons. The van der Waals surface area contributed by atoms with E-state index in [-0.39, 0.29) is 12.6 Å². The Morgan fingerprint density at radius 1 is 0.769 bits per heavy atom. The monoisotopic (exact) mass is 570 g/mol. The van der Waals surface area contributed by atoms with Crippen molar-refractivity contribution in [2.75, 3.05) is 0 Å². The molecule has 0 N–H and O–H groups in total. The molecule has 0 aliphatic heterocycles. The number of halogens is 2. The number of rotatable bonds is 6. The van der Waals surface area contributed by atoms with Crippen LogP contribution < -0.4 is 4.74 Å². The molecule has 3 aromatic rings. The molecular weight excluding hydrogens is 554 g/mol. The Hall–Kier alpha value is -1.61. The van der Waals surface area contributed by atoms with E-state index in [0.717, 1.165) is 24.0 Å². The summed E-state index contributed by atoms with van der Waals surface area (Å²) in [5.41, 5.74) is 2.60. The fourth-order valence-corrected chi connectivity index (χ4v) is 4.43. The summed E-state index contributed by atoms with van der Waals surface area (Å²) < 4.78 is 13.1. The summed E-state index contributed by atoms with van der Waals surface area (Å²) in [5, 5.41) is 0. The van der Waals surface area contributed by atoms with Crippen LogP contribution >= 0.6 is 45.2 Å². The summed E-state index contributed by atoms with van der Waals surface area (Å²) >= 11 is 4.38. The van der Waals surface area contributed by atoms with Crippen molar-refractivity contribution in [3.63, 3.8) is 0 Å². The third-order valence-corrected chi connectivity index (χ3v) is 5.28. The molecule has 0 aliphatic rings. The first kappa shape index (κ1) is 19.2. The maximum absolute atomic E-state index is 12.3. The molecule has 3 rings (SSSR count). The van der Waals surface area contributed by atoms with Crippen LogP contribution in [0.3, 0.4) is 0 Å². The number of esters is 1. The molecule has 0 bridgehead atoms. The Morgan fingerprint density at radius 2 is 1.27 bits per heavy atom. The molecule has 0 saturated carbocycles. The highest BCUT2D eigenvalue weighted by molar-refractivity contribution is 14.1. The zero-order valence-electron chi connectivity index (χ0n) is 13.8. The maximum Gasteiger partial charge on any atom is 0.338 e. The summed E-state index contributed by atoms with van der Waals surface area (Å²) in [4.78, 5) is 12.3. The van der Waals surface area contributed by atoms with Gasteiger partial charge in [0.05, 0.1) is 12.7 Å². The predicted molar refractivity (Wildman–Crippen MR) is 118 cm³/mol. The van der Waals surface area contributed by atoms with Gasteiger partial charge in [-0.2, -0.15) is 0 Å². The highest BCUT2D eigenvalue weighted by atomic mass is 127. The fraction of sp³-hybridized carbons (Fsp3) is 0.0952. The second-order valence-electron chi connectivity index (χ2n) is 5.61. The normalized spacial score (nSPS) is 10.4. The molecule has 0 spiro atoms. The smallest absolute Gasteiger partial charge is 0.338 e. The molecule has 0 aromatic heterocycles. The van der Waals surface area contributed by atoms with Crippen molar-refractivity contribution in [2.45, 2.75) is 13.2 Å². The van der Waals surface area contributed by atoms with E-state index in [1.807, 2.05) is 60.7 Å². The van der Waals surface area contributed by atoms with Gasteiger partial charge in [0.25, 0.3) is 0 Å². The summed E-state index contributed by atoms with van der Waals surface area (Å²) in [6.07, 6.45) is 0. The largest absolute Gasteiger partial charge is 0.487 e. The van der Waals surface area contributed by atoms with Gasteiger partial charge < -0.3 is 9.47 Å². The minimum atomic E-state index is -0.334. The molecule has 5 heteroatoms. The first-order valence-corrected chi connectivity index (χ1v) is 10.2. The number of carbonyl (C=O) groups is 1. The predicted octanol–water partition coefficient (Wildman–Crippen LogP) is 5.83. The van der Waals surface area contributed by atoms with Gasteiger partial charge in [-0.25, -0.2) is 4.79 Å². The molecule has 26 heavy (non-hydrogen) atoms. The summed E-state index contributed by atoms with van der Waals surface area (Å²) in [7, 11) is 0. The first-order valence-electron chi connectivity index (χ1n) is 8.00. The lowest BCUT2D eigenvalue weighted by molar-refractivity contribution is 0.0472. The van der Waals surface area contributed by atoms with Gasteiger partial charge in [-0.05, 0) is 68.4 Å². The number of benzene rings is 3. The van der Waals surface area contributed by atoms with Gasteiger partial charge in [-0.1, -0.05) is 60.7 Å². The van der Waals surface area contributed by atoms with Crippen molar-refractivity contribution >= 4 is 51.2 Å². The van der Waals surface area contributed by atoms with Crippen molar-refractivity contribution in [3.8, 4) is 5.75 Å². The van der Waals surface area contributed by atoms with Crippen LogP contribution in [0, 0.1) is 7.14 Å². The zero-order chi connectivity index (χ0) is 18.4. The SMILES string of the molecule is O=C(OCc1ccccc1)c1cc(I)c(OCc2ccccc2)c(I)c1. The average Bonchev–Trinajstić information content (AvgIpc) is 2.67. The van der Waals surface area contributed by atoms with Crippen molar-refractivity contribution in [1.82, 2.24) is 0 Å². The van der Waals surface area contributed by atoms with Crippen LogP contribution in [0.4, 0.5) is 0 Å². The van der Waals surface area contributed by atoms with Crippen molar-refractivity contribution in [2.24, 2.45) is 0 Å². The zero-order valence-corrected chi connectivity index (χ0v) is 18.1. The molecule has 132 valence electrons. The molecule has 0 heterocycles. The third kappa shape index (κ3) is 5.20. The minimum absolute atomic E-state index is 0.263. The van der Waals surface area contributed by atoms with E-state index in [1.54, 1.807) is 12.1 Å². The lowest BCUT2D eigenvalue weighted by Crippen LogP contribution is -2.07. The van der Waals surface area contributed by atoms with E-state index >= 15 is 0 Å². The lowest BCUT2D eigenvalue weighted by atomic mass is 10.2. The van der Waals surface area contributed by atoms with E-state index in [1.165, 1.54) is 0 Å². The van der Waals surface area contributed by atoms with Crippen LogP contribution in [0.25, 0.3) is 0 Å². The van der Waals surface area contributed by atoms with Gasteiger partial charge in [-0.15, -0.1) is 0 Å². The third-order valence-electron chi connectivity index (χ3n) is 3.67. The van der Waals surface area contributed by atoms with Crippen LogP contribution in [0.5, 0.6) is 5.75 Å². The second-order valence-corrected chi connectivity index (χ2v) is 7.93. The van der Waals surface area contributed by atoms with Crippen LogP contribution in [0.1, 0.15) is 21.5 Å². The number of hydrogen-bond donors (Lipinski definition) is 0. The Labute approximate surface area is 180 Å². The Morgan fingerprint density at radius 3 is 1.81 bits per heavy atom. The van der Waals surface area contributed by atoms with Gasteiger partial charge in [0.15, 0.2) is 0 Å². The fourth-order valence-electron chi connectivity index (χ4n) is 2.35. The van der Waals surface area contributed by atoms with Gasteiger partial charge in [0, 0.05) is 0 Å². The van der Waals surface area contributed by atoms with Gasteiger partial charge in [-0.3, -0.25) is 0 Å². The van der Waals surface area contributed by atoms with E-state index in [0.29, 0.717) is 12.2 Å². The van der Waals surface area contributed by atoms with Crippen molar-refractivity contribution in [1.29, 1.82) is 0 Å². The molecule has 0 saturated heterocycles. The number of hydrogen-bond acceptors (Lipinski definition) is 3. The highest BCUT2D eigenvalue weighted by Gasteiger charge is 2.15. The summed E-state index contributed by atoms with van der Waals surface area (Å²) in [6, 6.07) is 23.2. The Balaban J connectivity index is 1.67. The topological polar surface area (TPSA) is 35.5 Å². The maximum atomic E-state index is 12.3. The number of carbonyl (C=O) groups excluding carboxylic acids is 1. The molecule has 0 fully saturated rings. The van der Waals surface area contributed by atoms with Crippen LogP contribution in [-0.2, 0) is 18.0 Å².